The van der Waals surface area contributed by atoms with Crippen molar-refractivity contribution in [2.75, 3.05) is 6.26 Å². The third-order valence-corrected chi connectivity index (χ3v) is 3.90. The van der Waals surface area contributed by atoms with Gasteiger partial charge in [-0.15, -0.1) is 23.1 Å². The van der Waals surface area contributed by atoms with E-state index in [-0.39, 0.29) is 5.56 Å². The Balaban J connectivity index is 2.80. The molecule has 4 heteroatoms. The van der Waals surface area contributed by atoms with Crippen molar-refractivity contribution in [3.63, 3.8) is 0 Å². The Kier molecular flexibility index (Phi) is 2.44. The minimum absolute atomic E-state index is 0.118. The van der Waals surface area contributed by atoms with Gasteiger partial charge in [0.05, 0.1) is 10.3 Å². The van der Waals surface area contributed by atoms with Crippen LogP contribution in [0.2, 0.25) is 0 Å². The number of thiophene rings is 1. The quantitative estimate of drug-likeness (QED) is 0.689. The zero-order valence-corrected chi connectivity index (χ0v) is 9.01. The normalized spacial score (nSPS) is 10.4. The van der Waals surface area contributed by atoms with Crippen molar-refractivity contribution < 1.29 is 4.39 Å². The van der Waals surface area contributed by atoms with Crippen LogP contribution in [0, 0.1) is 17.1 Å². The van der Waals surface area contributed by atoms with E-state index in [1.54, 1.807) is 17.8 Å². The SMILES string of the molecule is CSc1csc2c(F)c(C#N)ccc12. The molecule has 0 N–H and O–H groups in total. The molecule has 0 aliphatic heterocycles. The molecule has 0 saturated heterocycles. The van der Waals surface area contributed by atoms with E-state index < -0.39 is 5.82 Å². The zero-order valence-electron chi connectivity index (χ0n) is 7.37. The van der Waals surface area contributed by atoms with Crippen LogP contribution < -0.4 is 0 Å². The first kappa shape index (κ1) is 9.50. The van der Waals surface area contributed by atoms with Crippen LogP contribution in [0.3, 0.4) is 0 Å². The van der Waals surface area contributed by atoms with Crippen molar-refractivity contribution in [3.8, 4) is 6.07 Å². The van der Waals surface area contributed by atoms with Crippen LogP contribution in [0.4, 0.5) is 4.39 Å². The number of hydrogen-bond donors (Lipinski definition) is 0. The van der Waals surface area contributed by atoms with E-state index in [0.29, 0.717) is 4.70 Å². The fourth-order valence-corrected chi connectivity index (χ4v) is 3.14. The Bertz CT molecular complexity index is 525. The summed E-state index contributed by atoms with van der Waals surface area (Å²) in [6.45, 7) is 0. The standard InChI is InChI=1S/C10H6FNS2/c1-13-8-5-14-10-7(8)3-2-6(4-12)9(10)11/h2-3,5H,1H3. The summed E-state index contributed by atoms with van der Waals surface area (Å²) in [6, 6.07) is 5.18. The summed E-state index contributed by atoms with van der Waals surface area (Å²) in [5.74, 6) is -0.393. The van der Waals surface area contributed by atoms with Crippen molar-refractivity contribution in [1.82, 2.24) is 0 Å². The highest BCUT2D eigenvalue weighted by atomic mass is 32.2. The molecule has 0 aliphatic carbocycles. The van der Waals surface area contributed by atoms with Crippen molar-refractivity contribution in [2.24, 2.45) is 0 Å². The lowest BCUT2D eigenvalue weighted by Crippen LogP contribution is -1.82. The molecule has 0 unspecified atom stereocenters. The van der Waals surface area contributed by atoms with E-state index in [0.717, 1.165) is 10.3 Å². The first-order chi connectivity index (χ1) is 6.77. The van der Waals surface area contributed by atoms with Crippen LogP contribution in [0.5, 0.6) is 0 Å². The Morgan fingerprint density at radius 1 is 1.50 bits per heavy atom. The average Bonchev–Trinajstić information content (AvgIpc) is 2.62. The molecule has 1 aromatic heterocycles. The van der Waals surface area contributed by atoms with Crippen LogP contribution in [-0.2, 0) is 0 Å². The highest BCUT2D eigenvalue weighted by molar-refractivity contribution is 7.99. The van der Waals surface area contributed by atoms with Crippen LogP contribution in [0.1, 0.15) is 5.56 Å². The maximum Gasteiger partial charge on any atom is 0.158 e. The van der Waals surface area contributed by atoms with Gasteiger partial charge in [-0.25, -0.2) is 4.39 Å². The molecule has 0 atom stereocenters. The third kappa shape index (κ3) is 1.29. The first-order valence-electron chi connectivity index (χ1n) is 3.91. The van der Waals surface area contributed by atoms with Crippen molar-refractivity contribution in [3.05, 3.63) is 28.9 Å². The molecular weight excluding hydrogens is 217 g/mol. The van der Waals surface area contributed by atoms with Gasteiger partial charge in [-0.3, -0.25) is 0 Å². The molecule has 14 heavy (non-hydrogen) atoms. The summed E-state index contributed by atoms with van der Waals surface area (Å²) in [7, 11) is 0. The molecule has 1 aromatic carbocycles. The summed E-state index contributed by atoms with van der Waals surface area (Å²) >= 11 is 2.94. The van der Waals surface area contributed by atoms with Gasteiger partial charge in [0.25, 0.3) is 0 Å². The molecule has 1 heterocycles. The molecular formula is C10H6FNS2. The summed E-state index contributed by atoms with van der Waals surface area (Å²) in [5, 5.41) is 11.5. The van der Waals surface area contributed by atoms with E-state index >= 15 is 0 Å². The summed E-state index contributed by atoms with van der Waals surface area (Å²) in [5.41, 5.74) is 0.118. The van der Waals surface area contributed by atoms with Crippen LogP contribution in [-0.4, -0.2) is 6.26 Å². The number of thioether (sulfide) groups is 1. The minimum atomic E-state index is -0.393. The highest BCUT2D eigenvalue weighted by Crippen LogP contribution is 2.34. The monoisotopic (exact) mass is 223 g/mol. The van der Waals surface area contributed by atoms with Gasteiger partial charge in [0.2, 0.25) is 0 Å². The van der Waals surface area contributed by atoms with Gasteiger partial charge in [-0.05, 0) is 12.3 Å². The fraction of sp³-hybridized carbons (Fsp3) is 0.100. The number of hydrogen-bond acceptors (Lipinski definition) is 3. The predicted molar refractivity (Wildman–Crippen MR) is 58.3 cm³/mol. The average molecular weight is 223 g/mol. The van der Waals surface area contributed by atoms with E-state index in [2.05, 4.69) is 0 Å². The Morgan fingerprint density at radius 3 is 2.93 bits per heavy atom. The summed E-state index contributed by atoms with van der Waals surface area (Å²) < 4.78 is 14.2. The number of rotatable bonds is 1. The van der Waals surface area contributed by atoms with Crippen LogP contribution in [0.15, 0.2) is 22.4 Å². The Hall–Kier alpha value is -1.05. The topological polar surface area (TPSA) is 23.8 Å². The van der Waals surface area contributed by atoms with Crippen molar-refractivity contribution in [1.29, 1.82) is 5.26 Å². The highest BCUT2D eigenvalue weighted by Gasteiger charge is 2.11. The van der Waals surface area contributed by atoms with Gasteiger partial charge in [-0.1, -0.05) is 6.07 Å². The molecule has 0 aliphatic rings. The molecule has 0 radical (unpaired) electrons. The lowest BCUT2D eigenvalue weighted by molar-refractivity contribution is 0.638. The van der Waals surface area contributed by atoms with Gasteiger partial charge in [0, 0.05) is 15.7 Å². The molecule has 0 amide bonds. The lowest BCUT2D eigenvalue weighted by Gasteiger charge is -1.96. The fourth-order valence-electron chi connectivity index (χ4n) is 1.29. The third-order valence-electron chi connectivity index (χ3n) is 1.99. The number of halogens is 1. The number of fused-ring (bicyclic) bond motifs is 1. The second-order valence-corrected chi connectivity index (χ2v) is 4.45. The van der Waals surface area contributed by atoms with Gasteiger partial charge >= 0.3 is 0 Å². The smallest absolute Gasteiger partial charge is 0.158 e. The van der Waals surface area contributed by atoms with Gasteiger partial charge in [0.1, 0.15) is 6.07 Å². The summed E-state index contributed by atoms with van der Waals surface area (Å²) in [6.07, 6.45) is 1.96. The minimum Gasteiger partial charge on any atom is -0.204 e. The zero-order chi connectivity index (χ0) is 10.1. The number of nitriles is 1. The van der Waals surface area contributed by atoms with Gasteiger partial charge < -0.3 is 0 Å². The Labute approximate surface area is 89.2 Å². The molecule has 1 nitrogen and oxygen atoms in total. The van der Waals surface area contributed by atoms with E-state index in [1.807, 2.05) is 17.7 Å². The molecule has 70 valence electrons. The summed E-state index contributed by atoms with van der Waals surface area (Å²) in [4.78, 5) is 1.06. The second-order valence-electron chi connectivity index (χ2n) is 2.72. The molecule has 2 rings (SSSR count). The van der Waals surface area contributed by atoms with Crippen molar-refractivity contribution in [2.45, 2.75) is 4.90 Å². The molecule has 0 spiro atoms. The van der Waals surface area contributed by atoms with Crippen LogP contribution in [0.25, 0.3) is 10.1 Å². The van der Waals surface area contributed by atoms with E-state index in [1.165, 1.54) is 17.4 Å². The molecule has 0 saturated carbocycles. The second kappa shape index (κ2) is 3.60. The number of nitrogens with zero attached hydrogens (tertiary/aromatic N) is 1. The van der Waals surface area contributed by atoms with Crippen molar-refractivity contribution >= 4 is 33.2 Å². The van der Waals surface area contributed by atoms with E-state index in [4.69, 9.17) is 5.26 Å². The van der Waals surface area contributed by atoms with Crippen LogP contribution >= 0.6 is 23.1 Å². The predicted octanol–water partition coefficient (Wildman–Crippen LogP) is 3.63. The number of benzene rings is 1. The molecule has 2 aromatic rings. The van der Waals surface area contributed by atoms with E-state index in [9.17, 15) is 4.39 Å². The lowest BCUT2D eigenvalue weighted by atomic mass is 10.2. The largest absolute Gasteiger partial charge is 0.204 e. The van der Waals surface area contributed by atoms with Gasteiger partial charge in [-0.2, -0.15) is 5.26 Å². The molecule has 0 fully saturated rings. The Morgan fingerprint density at radius 2 is 2.29 bits per heavy atom. The van der Waals surface area contributed by atoms with Gasteiger partial charge in [0.15, 0.2) is 5.82 Å². The maximum absolute atomic E-state index is 13.6. The molecule has 0 bridgehead atoms. The first-order valence-corrected chi connectivity index (χ1v) is 6.02. The maximum atomic E-state index is 13.6.